The third-order valence-corrected chi connectivity index (χ3v) is 4.00. The summed E-state index contributed by atoms with van der Waals surface area (Å²) in [5.74, 6) is 0.677. The van der Waals surface area contributed by atoms with Gasteiger partial charge in [0.2, 0.25) is 0 Å². The van der Waals surface area contributed by atoms with Crippen molar-refractivity contribution in [2.45, 2.75) is 18.4 Å². The first-order valence-electron chi connectivity index (χ1n) is 6.44. The molecule has 0 saturated heterocycles. The smallest absolute Gasteiger partial charge is 0.265 e. The van der Waals surface area contributed by atoms with Gasteiger partial charge in [-0.2, -0.15) is 5.10 Å². The standard InChI is InChI=1S/C13H17N3O4S/c1-2-20-12-5-3-11(4-6-12)15-21(18,19)13-9-14-16(10-13)7-8-17/h3-6,9-10,15,17H,2,7-8H2,1H3. The molecule has 0 saturated carbocycles. The van der Waals surface area contributed by atoms with Crippen LogP contribution in [0, 0.1) is 0 Å². The molecule has 2 aromatic rings. The van der Waals surface area contributed by atoms with Gasteiger partial charge in [-0.25, -0.2) is 8.42 Å². The van der Waals surface area contributed by atoms with E-state index in [0.29, 0.717) is 18.0 Å². The second-order valence-corrected chi connectivity index (χ2v) is 5.91. The number of nitrogens with zero attached hydrogens (tertiary/aromatic N) is 2. The summed E-state index contributed by atoms with van der Waals surface area (Å²) in [6, 6.07) is 6.63. The van der Waals surface area contributed by atoms with Gasteiger partial charge in [-0.3, -0.25) is 9.40 Å². The maximum Gasteiger partial charge on any atom is 0.265 e. The molecule has 0 radical (unpaired) electrons. The van der Waals surface area contributed by atoms with Gasteiger partial charge < -0.3 is 9.84 Å². The van der Waals surface area contributed by atoms with Crippen molar-refractivity contribution in [3.63, 3.8) is 0 Å². The summed E-state index contributed by atoms with van der Waals surface area (Å²) in [4.78, 5) is 0.0461. The summed E-state index contributed by atoms with van der Waals surface area (Å²) in [5, 5.41) is 12.7. The van der Waals surface area contributed by atoms with E-state index in [2.05, 4.69) is 9.82 Å². The maximum atomic E-state index is 12.2. The molecule has 1 aromatic carbocycles. The fraction of sp³-hybridized carbons (Fsp3) is 0.308. The van der Waals surface area contributed by atoms with E-state index >= 15 is 0 Å². The number of sulfonamides is 1. The van der Waals surface area contributed by atoms with Gasteiger partial charge in [0, 0.05) is 11.9 Å². The van der Waals surface area contributed by atoms with Crippen LogP contribution in [0.4, 0.5) is 5.69 Å². The highest BCUT2D eigenvalue weighted by atomic mass is 32.2. The molecule has 0 aliphatic rings. The predicted molar refractivity (Wildman–Crippen MR) is 77.7 cm³/mol. The molecule has 0 aliphatic heterocycles. The first kappa shape index (κ1) is 15.3. The Morgan fingerprint density at radius 1 is 1.33 bits per heavy atom. The highest BCUT2D eigenvalue weighted by molar-refractivity contribution is 7.92. The lowest BCUT2D eigenvalue weighted by atomic mass is 10.3. The molecule has 0 fully saturated rings. The van der Waals surface area contributed by atoms with Gasteiger partial charge in [0.15, 0.2) is 0 Å². The molecule has 114 valence electrons. The number of ether oxygens (including phenoxy) is 1. The Hall–Kier alpha value is -2.06. The van der Waals surface area contributed by atoms with Crippen molar-refractivity contribution in [2.75, 3.05) is 17.9 Å². The predicted octanol–water partition coefficient (Wildman–Crippen LogP) is 1.07. The zero-order chi connectivity index (χ0) is 15.3. The fourth-order valence-electron chi connectivity index (χ4n) is 1.71. The van der Waals surface area contributed by atoms with Crippen molar-refractivity contribution in [3.8, 4) is 5.75 Å². The van der Waals surface area contributed by atoms with Gasteiger partial charge in [0.05, 0.1) is 26.0 Å². The Morgan fingerprint density at radius 2 is 2.05 bits per heavy atom. The zero-order valence-electron chi connectivity index (χ0n) is 11.6. The summed E-state index contributed by atoms with van der Waals surface area (Å²) in [6.45, 7) is 2.57. The van der Waals surface area contributed by atoms with Gasteiger partial charge in [-0.1, -0.05) is 0 Å². The first-order valence-corrected chi connectivity index (χ1v) is 7.92. The Bertz CT molecular complexity index is 680. The molecule has 2 N–H and O–H groups in total. The monoisotopic (exact) mass is 311 g/mol. The molecular formula is C13H17N3O4S. The third-order valence-electron chi connectivity index (χ3n) is 2.67. The van der Waals surface area contributed by atoms with Gasteiger partial charge in [-0.05, 0) is 31.2 Å². The molecule has 2 rings (SSSR count). The Balaban J connectivity index is 2.12. The van der Waals surface area contributed by atoms with E-state index in [4.69, 9.17) is 9.84 Å². The van der Waals surface area contributed by atoms with Crippen LogP contribution >= 0.6 is 0 Å². The normalized spacial score (nSPS) is 11.3. The van der Waals surface area contributed by atoms with Crippen molar-refractivity contribution in [1.29, 1.82) is 0 Å². The average Bonchev–Trinajstić information content (AvgIpc) is 2.91. The van der Waals surface area contributed by atoms with Crippen LogP contribution < -0.4 is 9.46 Å². The van der Waals surface area contributed by atoms with Crippen LogP contribution in [-0.2, 0) is 16.6 Å². The topological polar surface area (TPSA) is 93.5 Å². The molecule has 0 unspecified atom stereocenters. The Labute approximate surface area is 123 Å². The minimum Gasteiger partial charge on any atom is -0.494 e. The number of rotatable bonds is 7. The number of anilines is 1. The number of aliphatic hydroxyl groups is 1. The van der Waals surface area contributed by atoms with Crippen molar-refractivity contribution in [2.24, 2.45) is 0 Å². The number of benzene rings is 1. The molecule has 8 heteroatoms. The van der Waals surface area contributed by atoms with Crippen LogP contribution in [0.15, 0.2) is 41.6 Å². The number of hydrogen-bond acceptors (Lipinski definition) is 5. The summed E-state index contributed by atoms with van der Waals surface area (Å²) in [5.41, 5.74) is 0.438. The molecule has 0 bridgehead atoms. The molecule has 0 spiro atoms. The van der Waals surface area contributed by atoms with Crippen LogP contribution in [0.25, 0.3) is 0 Å². The van der Waals surface area contributed by atoms with Crippen LogP contribution in [0.1, 0.15) is 6.92 Å². The largest absolute Gasteiger partial charge is 0.494 e. The zero-order valence-corrected chi connectivity index (χ0v) is 12.4. The molecular weight excluding hydrogens is 294 g/mol. The van der Waals surface area contributed by atoms with E-state index in [1.54, 1.807) is 24.3 Å². The van der Waals surface area contributed by atoms with Crippen LogP contribution in [0.5, 0.6) is 5.75 Å². The van der Waals surface area contributed by atoms with Crippen molar-refractivity contribution >= 4 is 15.7 Å². The number of aliphatic hydroxyl groups excluding tert-OH is 1. The van der Waals surface area contributed by atoms with Crippen LogP contribution in [0.3, 0.4) is 0 Å². The van der Waals surface area contributed by atoms with Crippen LogP contribution in [0.2, 0.25) is 0 Å². The highest BCUT2D eigenvalue weighted by Crippen LogP contribution is 2.19. The van der Waals surface area contributed by atoms with Crippen molar-refractivity contribution in [1.82, 2.24) is 9.78 Å². The van der Waals surface area contributed by atoms with Gasteiger partial charge >= 0.3 is 0 Å². The fourth-order valence-corrected chi connectivity index (χ4v) is 2.72. The molecule has 0 amide bonds. The Morgan fingerprint density at radius 3 is 2.67 bits per heavy atom. The molecule has 21 heavy (non-hydrogen) atoms. The number of hydrogen-bond donors (Lipinski definition) is 2. The van der Waals surface area contributed by atoms with Gasteiger partial charge in [0.1, 0.15) is 10.6 Å². The maximum absolute atomic E-state index is 12.2. The summed E-state index contributed by atoms with van der Waals surface area (Å²) in [7, 11) is -3.69. The molecule has 1 heterocycles. The quantitative estimate of drug-likeness (QED) is 0.798. The van der Waals surface area contributed by atoms with Crippen molar-refractivity contribution in [3.05, 3.63) is 36.7 Å². The second-order valence-electron chi connectivity index (χ2n) is 4.23. The molecule has 0 aliphatic carbocycles. The second kappa shape index (κ2) is 6.59. The lowest BCUT2D eigenvalue weighted by Gasteiger charge is -2.07. The lowest BCUT2D eigenvalue weighted by molar-refractivity contribution is 0.269. The number of aromatic nitrogens is 2. The lowest BCUT2D eigenvalue weighted by Crippen LogP contribution is -2.12. The van der Waals surface area contributed by atoms with E-state index in [0.717, 1.165) is 0 Å². The van der Waals surface area contributed by atoms with E-state index in [9.17, 15) is 8.42 Å². The minimum absolute atomic E-state index is 0.0461. The van der Waals surface area contributed by atoms with E-state index in [1.807, 2.05) is 6.92 Å². The number of nitrogens with one attached hydrogen (secondary N) is 1. The summed E-state index contributed by atoms with van der Waals surface area (Å²) >= 11 is 0. The minimum atomic E-state index is -3.69. The van der Waals surface area contributed by atoms with E-state index < -0.39 is 10.0 Å². The molecule has 1 aromatic heterocycles. The van der Waals surface area contributed by atoms with Gasteiger partial charge in [0.25, 0.3) is 10.0 Å². The summed E-state index contributed by atoms with van der Waals surface area (Å²) < 4.78 is 33.5. The van der Waals surface area contributed by atoms with Crippen molar-refractivity contribution < 1.29 is 18.3 Å². The van der Waals surface area contributed by atoms with E-state index in [1.165, 1.54) is 17.1 Å². The average molecular weight is 311 g/mol. The SMILES string of the molecule is CCOc1ccc(NS(=O)(=O)c2cnn(CCO)c2)cc1. The Kier molecular flexibility index (Phi) is 4.81. The van der Waals surface area contributed by atoms with E-state index in [-0.39, 0.29) is 18.0 Å². The molecule has 0 atom stereocenters. The highest BCUT2D eigenvalue weighted by Gasteiger charge is 2.16. The third kappa shape index (κ3) is 3.96. The first-order chi connectivity index (χ1) is 10.0. The summed E-state index contributed by atoms with van der Waals surface area (Å²) in [6.07, 6.45) is 2.61. The molecule has 7 nitrogen and oxygen atoms in total. The van der Waals surface area contributed by atoms with Gasteiger partial charge in [-0.15, -0.1) is 0 Å². The van der Waals surface area contributed by atoms with Crippen LogP contribution in [-0.4, -0.2) is 36.5 Å².